The predicted molar refractivity (Wildman–Crippen MR) is 107 cm³/mol. The van der Waals surface area contributed by atoms with Crippen LogP contribution in [0.1, 0.15) is 48.2 Å². The van der Waals surface area contributed by atoms with Crippen molar-refractivity contribution in [2.75, 3.05) is 26.2 Å². The molecule has 0 unspecified atom stereocenters. The molecule has 4 rings (SSSR count). The molecule has 3 heterocycles. The number of para-hydroxylation sites is 1. The topological polar surface area (TPSA) is 58.4 Å². The van der Waals surface area contributed by atoms with E-state index in [9.17, 15) is 14.0 Å². The molecule has 2 fully saturated rings. The summed E-state index contributed by atoms with van der Waals surface area (Å²) in [5, 5.41) is 4.24. The van der Waals surface area contributed by atoms with E-state index >= 15 is 0 Å². The fraction of sp³-hybridized carbons (Fsp3) is 0.500. The van der Waals surface area contributed by atoms with Gasteiger partial charge in [0.1, 0.15) is 11.5 Å². The SMILES string of the molecule is Cc1c(C(=O)N2CCC(C(=O)N3CCCCC3)CC2)cnn1-c1ccccc1F. The van der Waals surface area contributed by atoms with E-state index < -0.39 is 0 Å². The number of halogens is 1. The summed E-state index contributed by atoms with van der Waals surface area (Å²) in [7, 11) is 0. The van der Waals surface area contributed by atoms with E-state index in [0.29, 0.717) is 42.9 Å². The molecule has 2 aromatic rings. The lowest BCUT2D eigenvalue weighted by Crippen LogP contribution is -2.45. The Hall–Kier alpha value is -2.70. The number of piperidine rings is 2. The van der Waals surface area contributed by atoms with Crippen LogP contribution in [0, 0.1) is 18.7 Å². The first kappa shape index (κ1) is 19.6. The van der Waals surface area contributed by atoms with Gasteiger partial charge in [-0.2, -0.15) is 5.10 Å². The molecule has 1 aromatic heterocycles. The van der Waals surface area contributed by atoms with Crippen LogP contribution in [0.3, 0.4) is 0 Å². The second-order valence-corrected chi connectivity index (χ2v) is 7.96. The summed E-state index contributed by atoms with van der Waals surface area (Å²) in [6.45, 7) is 4.64. The van der Waals surface area contributed by atoms with Crippen molar-refractivity contribution in [2.45, 2.75) is 39.0 Å². The van der Waals surface area contributed by atoms with E-state index in [4.69, 9.17) is 0 Å². The fourth-order valence-electron chi connectivity index (χ4n) is 4.36. The molecule has 1 aromatic carbocycles. The lowest BCUT2D eigenvalue weighted by Gasteiger charge is -2.35. The van der Waals surface area contributed by atoms with E-state index in [1.165, 1.54) is 23.4 Å². The lowest BCUT2D eigenvalue weighted by molar-refractivity contribution is -0.137. The highest BCUT2D eigenvalue weighted by molar-refractivity contribution is 5.95. The van der Waals surface area contributed by atoms with Crippen molar-refractivity contribution in [3.63, 3.8) is 0 Å². The van der Waals surface area contributed by atoms with E-state index in [1.54, 1.807) is 30.0 Å². The normalized spacial score (nSPS) is 18.1. The molecule has 0 bridgehead atoms. The van der Waals surface area contributed by atoms with E-state index in [2.05, 4.69) is 5.10 Å². The fourth-order valence-corrected chi connectivity index (χ4v) is 4.36. The number of rotatable bonds is 3. The summed E-state index contributed by atoms with van der Waals surface area (Å²) in [5.41, 5.74) is 1.43. The van der Waals surface area contributed by atoms with Gasteiger partial charge >= 0.3 is 0 Å². The molecule has 2 aliphatic rings. The maximum atomic E-state index is 14.1. The molecule has 0 aliphatic carbocycles. The van der Waals surface area contributed by atoms with Crippen LogP contribution in [0.5, 0.6) is 0 Å². The van der Waals surface area contributed by atoms with Crippen LogP contribution in [0.25, 0.3) is 5.69 Å². The number of amides is 2. The van der Waals surface area contributed by atoms with Crippen LogP contribution in [0.15, 0.2) is 30.5 Å². The third kappa shape index (κ3) is 3.91. The molecule has 0 spiro atoms. The van der Waals surface area contributed by atoms with Gasteiger partial charge < -0.3 is 9.80 Å². The standard InChI is InChI=1S/C22H27FN4O2/c1-16-18(15-24-27(16)20-8-4-3-7-19(20)23)22(29)26-13-9-17(10-14-26)21(28)25-11-5-2-6-12-25/h3-4,7-8,15,17H,2,5-6,9-14H2,1H3. The van der Waals surface area contributed by atoms with Crippen LogP contribution >= 0.6 is 0 Å². The number of nitrogens with zero attached hydrogens (tertiary/aromatic N) is 4. The van der Waals surface area contributed by atoms with Crippen LogP contribution in [-0.4, -0.2) is 57.6 Å². The van der Waals surface area contributed by atoms with E-state index in [-0.39, 0.29) is 23.5 Å². The Morgan fingerprint density at radius 3 is 2.38 bits per heavy atom. The second-order valence-electron chi connectivity index (χ2n) is 7.96. The number of carbonyl (C=O) groups is 2. The number of aromatic nitrogens is 2. The van der Waals surface area contributed by atoms with Gasteiger partial charge in [-0.25, -0.2) is 9.07 Å². The van der Waals surface area contributed by atoms with Gasteiger partial charge in [-0.3, -0.25) is 9.59 Å². The first-order chi connectivity index (χ1) is 14.1. The first-order valence-corrected chi connectivity index (χ1v) is 10.4. The number of likely N-dealkylation sites (tertiary alicyclic amines) is 2. The van der Waals surface area contributed by atoms with Gasteiger partial charge in [0.05, 0.1) is 17.5 Å². The summed E-state index contributed by atoms with van der Waals surface area (Å²) >= 11 is 0. The summed E-state index contributed by atoms with van der Waals surface area (Å²) in [6.07, 6.45) is 6.29. The van der Waals surface area contributed by atoms with Crippen LogP contribution in [0.4, 0.5) is 4.39 Å². The van der Waals surface area contributed by atoms with Gasteiger partial charge in [-0.05, 0) is 51.2 Å². The number of carbonyl (C=O) groups excluding carboxylic acids is 2. The van der Waals surface area contributed by atoms with Crippen molar-refractivity contribution in [3.05, 3.63) is 47.5 Å². The molecule has 29 heavy (non-hydrogen) atoms. The summed E-state index contributed by atoms with van der Waals surface area (Å²) in [6, 6.07) is 6.38. The molecule has 154 valence electrons. The molecule has 2 amide bonds. The monoisotopic (exact) mass is 398 g/mol. The molecular formula is C22H27FN4O2. The molecule has 0 radical (unpaired) electrons. The lowest BCUT2D eigenvalue weighted by atomic mass is 9.94. The summed E-state index contributed by atoms with van der Waals surface area (Å²) in [5.74, 6) is -0.219. The number of hydrogen-bond acceptors (Lipinski definition) is 3. The minimum Gasteiger partial charge on any atom is -0.342 e. The zero-order valence-corrected chi connectivity index (χ0v) is 16.8. The summed E-state index contributed by atoms with van der Waals surface area (Å²) in [4.78, 5) is 29.5. The Bertz CT molecular complexity index is 896. The molecule has 2 aliphatic heterocycles. The number of benzene rings is 1. The smallest absolute Gasteiger partial charge is 0.257 e. The van der Waals surface area contributed by atoms with Crippen LogP contribution in [-0.2, 0) is 4.79 Å². The molecule has 0 saturated carbocycles. The van der Waals surface area contributed by atoms with Gasteiger partial charge in [0.15, 0.2) is 0 Å². The highest BCUT2D eigenvalue weighted by Gasteiger charge is 2.32. The Balaban J connectivity index is 1.41. The third-order valence-electron chi connectivity index (χ3n) is 6.12. The molecular weight excluding hydrogens is 371 g/mol. The molecule has 7 heteroatoms. The number of hydrogen-bond donors (Lipinski definition) is 0. The van der Waals surface area contributed by atoms with Crippen molar-refractivity contribution in [1.82, 2.24) is 19.6 Å². The Morgan fingerprint density at radius 1 is 1.00 bits per heavy atom. The Kier molecular flexibility index (Phi) is 5.65. The first-order valence-electron chi connectivity index (χ1n) is 10.4. The largest absolute Gasteiger partial charge is 0.342 e. The molecule has 0 atom stereocenters. The van der Waals surface area contributed by atoms with Crippen LogP contribution < -0.4 is 0 Å². The summed E-state index contributed by atoms with van der Waals surface area (Å²) < 4.78 is 15.6. The van der Waals surface area contributed by atoms with Gasteiger partial charge in [0, 0.05) is 32.1 Å². The van der Waals surface area contributed by atoms with E-state index in [1.807, 2.05) is 4.90 Å². The minimum atomic E-state index is -0.380. The highest BCUT2D eigenvalue weighted by Crippen LogP contribution is 2.24. The van der Waals surface area contributed by atoms with Crippen molar-refractivity contribution in [3.8, 4) is 5.69 Å². The highest BCUT2D eigenvalue weighted by atomic mass is 19.1. The maximum Gasteiger partial charge on any atom is 0.257 e. The molecule has 2 saturated heterocycles. The minimum absolute atomic E-state index is 0.0133. The predicted octanol–water partition coefficient (Wildman–Crippen LogP) is 3.18. The zero-order valence-electron chi connectivity index (χ0n) is 16.8. The average Bonchev–Trinajstić information content (AvgIpc) is 3.15. The van der Waals surface area contributed by atoms with Crippen molar-refractivity contribution in [1.29, 1.82) is 0 Å². The van der Waals surface area contributed by atoms with Crippen molar-refractivity contribution < 1.29 is 14.0 Å². The maximum absolute atomic E-state index is 14.1. The third-order valence-corrected chi connectivity index (χ3v) is 6.12. The van der Waals surface area contributed by atoms with Crippen molar-refractivity contribution in [2.24, 2.45) is 5.92 Å². The quantitative estimate of drug-likeness (QED) is 0.798. The second kappa shape index (κ2) is 8.35. The van der Waals surface area contributed by atoms with Gasteiger partial charge in [-0.1, -0.05) is 12.1 Å². The average molecular weight is 398 g/mol. The van der Waals surface area contributed by atoms with Crippen LogP contribution in [0.2, 0.25) is 0 Å². The van der Waals surface area contributed by atoms with Gasteiger partial charge in [-0.15, -0.1) is 0 Å². The van der Waals surface area contributed by atoms with E-state index in [0.717, 1.165) is 25.9 Å². The van der Waals surface area contributed by atoms with Gasteiger partial charge in [0.25, 0.3) is 5.91 Å². The Labute approximate surface area is 170 Å². The van der Waals surface area contributed by atoms with Crippen molar-refractivity contribution >= 4 is 11.8 Å². The Morgan fingerprint density at radius 2 is 1.69 bits per heavy atom. The molecule has 6 nitrogen and oxygen atoms in total. The zero-order chi connectivity index (χ0) is 20.4. The molecule has 0 N–H and O–H groups in total. The van der Waals surface area contributed by atoms with Gasteiger partial charge in [0.2, 0.25) is 5.91 Å².